The fourth-order valence-corrected chi connectivity index (χ4v) is 2.15. The third-order valence-electron chi connectivity index (χ3n) is 2.71. The van der Waals surface area contributed by atoms with Crippen LogP contribution in [0.5, 0.6) is 0 Å². The molecule has 1 heterocycles. The minimum Gasteiger partial charge on any atom is -0.308 e. The maximum absolute atomic E-state index is 4.41. The molecule has 1 fully saturated rings. The van der Waals surface area contributed by atoms with Crippen molar-refractivity contribution in [1.82, 2.24) is 10.3 Å². The maximum atomic E-state index is 4.41. The van der Waals surface area contributed by atoms with Gasteiger partial charge in [0.05, 0.1) is 10.7 Å². The van der Waals surface area contributed by atoms with Crippen LogP contribution in [0, 0.1) is 12.3 Å². The minimum absolute atomic E-state index is 0.519. The summed E-state index contributed by atoms with van der Waals surface area (Å²) in [6.45, 7) is 7.58. The molecular formula is C10H16N2S. The molecule has 0 radical (unpaired) electrons. The predicted octanol–water partition coefficient (Wildman–Crippen LogP) is 2.34. The van der Waals surface area contributed by atoms with Gasteiger partial charge in [-0.1, -0.05) is 13.8 Å². The Morgan fingerprint density at radius 2 is 2.38 bits per heavy atom. The molecule has 0 aliphatic heterocycles. The molecule has 3 heteroatoms. The number of nitrogens with zero attached hydrogens (tertiary/aromatic N) is 1. The molecule has 1 saturated carbocycles. The van der Waals surface area contributed by atoms with Gasteiger partial charge in [0.1, 0.15) is 0 Å². The first-order valence-electron chi connectivity index (χ1n) is 4.72. The van der Waals surface area contributed by atoms with E-state index < -0.39 is 0 Å². The fourth-order valence-electron chi connectivity index (χ4n) is 1.53. The molecule has 1 atom stereocenters. The van der Waals surface area contributed by atoms with Gasteiger partial charge in [-0.05, 0) is 18.8 Å². The van der Waals surface area contributed by atoms with E-state index in [4.69, 9.17) is 0 Å². The third-order valence-corrected chi connectivity index (χ3v) is 3.53. The second-order valence-electron chi connectivity index (χ2n) is 4.48. The highest BCUT2D eigenvalue weighted by atomic mass is 32.1. The monoisotopic (exact) mass is 196 g/mol. The van der Waals surface area contributed by atoms with Crippen molar-refractivity contribution in [3.05, 3.63) is 16.1 Å². The predicted molar refractivity (Wildman–Crippen MR) is 55.9 cm³/mol. The van der Waals surface area contributed by atoms with Crippen molar-refractivity contribution in [2.24, 2.45) is 5.41 Å². The smallest absolute Gasteiger partial charge is 0.0897 e. The maximum Gasteiger partial charge on any atom is 0.0897 e. The van der Waals surface area contributed by atoms with Gasteiger partial charge < -0.3 is 5.32 Å². The van der Waals surface area contributed by atoms with E-state index in [9.17, 15) is 0 Å². The van der Waals surface area contributed by atoms with Gasteiger partial charge in [-0.3, -0.25) is 0 Å². The van der Waals surface area contributed by atoms with Crippen molar-refractivity contribution in [2.75, 3.05) is 0 Å². The lowest BCUT2D eigenvalue weighted by Gasteiger charge is -2.03. The van der Waals surface area contributed by atoms with Gasteiger partial charge in [0.25, 0.3) is 0 Å². The summed E-state index contributed by atoms with van der Waals surface area (Å²) >= 11 is 1.73. The molecule has 1 N–H and O–H groups in total. The van der Waals surface area contributed by atoms with Crippen molar-refractivity contribution in [1.29, 1.82) is 0 Å². The fraction of sp³-hybridized carbons (Fsp3) is 0.700. The zero-order valence-corrected chi connectivity index (χ0v) is 9.24. The molecule has 0 saturated heterocycles. The number of hydrogen-bond donors (Lipinski definition) is 1. The van der Waals surface area contributed by atoms with Gasteiger partial charge in [0.2, 0.25) is 0 Å². The summed E-state index contributed by atoms with van der Waals surface area (Å²) in [7, 11) is 0. The van der Waals surface area contributed by atoms with Crippen LogP contribution in [0.15, 0.2) is 5.38 Å². The topological polar surface area (TPSA) is 24.9 Å². The number of thiazole rings is 1. The summed E-state index contributed by atoms with van der Waals surface area (Å²) in [5, 5.41) is 6.82. The molecule has 1 aliphatic rings. The number of hydrogen-bond acceptors (Lipinski definition) is 3. The van der Waals surface area contributed by atoms with Crippen molar-refractivity contribution >= 4 is 11.3 Å². The third kappa shape index (κ3) is 2.09. The first-order valence-corrected chi connectivity index (χ1v) is 5.60. The van der Waals surface area contributed by atoms with Gasteiger partial charge >= 0.3 is 0 Å². The molecule has 0 bridgehead atoms. The molecule has 1 aromatic heterocycles. The van der Waals surface area contributed by atoms with E-state index in [2.05, 4.69) is 36.5 Å². The molecule has 2 nitrogen and oxygen atoms in total. The molecule has 1 unspecified atom stereocenters. The number of nitrogens with one attached hydrogen (secondary N) is 1. The highest BCUT2D eigenvalue weighted by molar-refractivity contribution is 7.09. The molecule has 1 aliphatic carbocycles. The van der Waals surface area contributed by atoms with Crippen LogP contribution in [0.3, 0.4) is 0 Å². The van der Waals surface area contributed by atoms with E-state index in [1.807, 2.05) is 0 Å². The number of aryl methyl sites for hydroxylation is 1. The van der Waals surface area contributed by atoms with Crippen LogP contribution in [0.2, 0.25) is 0 Å². The number of rotatable bonds is 3. The Labute approximate surface area is 83.4 Å². The first kappa shape index (κ1) is 9.16. The van der Waals surface area contributed by atoms with Crippen LogP contribution >= 0.6 is 11.3 Å². The van der Waals surface area contributed by atoms with Gasteiger partial charge in [-0.25, -0.2) is 4.98 Å². The minimum atomic E-state index is 0.519. The van der Waals surface area contributed by atoms with Gasteiger partial charge in [-0.15, -0.1) is 11.3 Å². The van der Waals surface area contributed by atoms with Crippen LogP contribution in [0.1, 0.15) is 31.0 Å². The molecule has 0 aromatic carbocycles. The second kappa shape index (κ2) is 3.07. The lowest BCUT2D eigenvalue weighted by Crippen LogP contribution is -2.20. The summed E-state index contributed by atoms with van der Waals surface area (Å²) < 4.78 is 0. The normalized spacial score (nSPS) is 24.7. The van der Waals surface area contributed by atoms with E-state index in [-0.39, 0.29) is 0 Å². The zero-order chi connectivity index (χ0) is 9.47. The highest BCUT2D eigenvalue weighted by Gasteiger charge is 2.44. The van der Waals surface area contributed by atoms with Gasteiger partial charge in [-0.2, -0.15) is 0 Å². The van der Waals surface area contributed by atoms with Crippen LogP contribution in [0.4, 0.5) is 0 Å². The largest absolute Gasteiger partial charge is 0.308 e. The second-order valence-corrected chi connectivity index (χ2v) is 5.55. The average Bonchev–Trinajstić information content (AvgIpc) is 2.45. The molecule has 2 rings (SSSR count). The standard InChI is InChI=1S/C10H16N2S/c1-7-12-8(6-13-7)5-11-9-4-10(9,2)3/h6,9,11H,4-5H2,1-3H3. The molecule has 13 heavy (non-hydrogen) atoms. The van der Waals surface area contributed by atoms with Crippen LogP contribution in [0.25, 0.3) is 0 Å². The Balaban J connectivity index is 1.81. The Hall–Kier alpha value is -0.410. The Morgan fingerprint density at radius 1 is 1.69 bits per heavy atom. The summed E-state index contributed by atoms with van der Waals surface area (Å²) in [5.41, 5.74) is 1.70. The van der Waals surface area contributed by atoms with Crippen LogP contribution in [-0.4, -0.2) is 11.0 Å². The SMILES string of the molecule is Cc1nc(CNC2CC2(C)C)cs1. The number of aromatic nitrogens is 1. The quantitative estimate of drug-likeness (QED) is 0.802. The van der Waals surface area contributed by atoms with Crippen molar-refractivity contribution < 1.29 is 0 Å². The average molecular weight is 196 g/mol. The summed E-state index contributed by atoms with van der Waals surface area (Å²) in [6, 6.07) is 0.703. The van der Waals surface area contributed by atoms with Crippen molar-refractivity contribution in [2.45, 2.75) is 39.8 Å². The lowest BCUT2D eigenvalue weighted by molar-refractivity contribution is 0.539. The van der Waals surface area contributed by atoms with Crippen molar-refractivity contribution in [3.8, 4) is 0 Å². The van der Waals surface area contributed by atoms with E-state index >= 15 is 0 Å². The molecule has 0 amide bonds. The van der Waals surface area contributed by atoms with E-state index in [0.717, 1.165) is 11.6 Å². The Morgan fingerprint density at radius 3 is 2.85 bits per heavy atom. The van der Waals surface area contributed by atoms with Gasteiger partial charge in [0, 0.05) is 18.0 Å². The molecule has 72 valence electrons. The zero-order valence-electron chi connectivity index (χ0n) is 8.42. The van der Waals surface area contributed by atoms with Crippen LogP contribution in [-0.2, 0) is 6.54 Å². The van der Waals surface area contributed by atoms with E-state index in [1.165, 1.54) is 12.1 Å². The Kier molecular flexibility index (Phi) is 2.16. The first-order chi connectivity index (χ1) is 6.08. The van der Waals surface area contributed by atoms with Crippen LogP contribution < -0.4 is 5.32 Å². The van der Waals surface area contributed by atoms with Crippen molar-refractivity contribution in [3.63, 3.8) is 0 Å². The van der Waals surface area contributed by atoms with E-state index in [0.29, 0.717) is 11.5 Å². The van der Waals surface area contributed by atoms with Gasteiger partial charge in [0.15, 0.2) is 0 Å². The Bertz CT molecular complexity index is 304. The summed E-state index contributed by atoms with van der Waals surface area (Å²) in [4.78, 5) is 4.41. The summed E-state index contributed by atoms with van der Waals surface area (Å²) in [5.74, 6) is 0. The van der Waals surface area contributed by atoms with E-state index in [1.54, 1.807) is 11.3 Å². The molecular weight excluding hydrogens is 180 g/mol. The lowest BCUT2D eigenvalue weighted by atomic mass is 10.2. The molecule has 1 aromatic rings. The summed E-state index contributed by atoms with van der Waals surface area (Å²) in [6.07, 6.45) is 1.30. The molecule has 0 spiro atoms. The highest BCUT2D eigenvalue weighted by Crippen LogP contribution is 2.44.